The number of hydrogen-bond acceptors (Lipinski definition) is 6. The topological polar surface area (TPSA) is 70.1 Å². The second-order valence-corrected chi connectivity index (χ2v) is 9.43. The number of halogens is 2. The molecule has 0 unspecified atom stereocenters. The molecule has 30 heavy (non-hydrogen) atoms. The maximum atomic E-state index is 14.7. The van der Waals surface area contributed by atoms with Crippen LogP contribution in [0.15, 0.2) is 56.5 Å². The fraction of sp³-hybridized carbons (Fsp3) is 0.273. The summed E-state index contributed by atoms with van der Waals surface area (Å²) < 4.78 is 30.4. The zero-order chi connectivity index (χ0) is 21.4. The molecule has 1 aliphatic carbocycles. The van der Waals surface area contributed by atoms with Gasteiger partial charge in [0.05, 0.1) is 21.8 Å². The Kier molecular flexibility index (Phi) is 5.67. The molecule has 4 nitrogen and oxygen atoms in total. The van der Waals surface area contributed by atoms with Crippen LogP contribution in [0.25, 0.3) is 0 Å². The molecule has 8 heteroatoms. The monoisotopic (exact) mass is 443 g/mol. The van der Waals surface area contributed by atoms with E-state index in [9.17, 15) is 18.8 Å². The van der Waals surface area contributed by atoms with Crippen LogP contribution in [0.3, 0.4) is 0 Å². The second-order valence-electron chi connectivity index (χ2n) is 6.98. The third-order valence-electron chi connectivity index (χ3n) is 5.32. The highest BCUT2D eigenvalue weighted by Crippen LogP contribution is 2.49. The Labute approximate surface area is 181 Å². The highest BCUT2D eigenvalue weighted by atomic mass is 32.2. The molecule has 2 aliphatic rings. The number of thiophene rings is 1. The molecule has 2 heterocycles. The molecule has 0 saturated carbocycles. The summed E-state index contributed by atoms with van der Waals surface area (Å²) in [5.41, 5.74) is 7.92. The molecule has 0 spiro atoms. The Morgan fingerprint density at radius 3 is 2.70 bits per heavy atom. The van der Waals surface area contributed by atoms with E-state index in [0.29, 0.717) is 30.5 Å². The molecule has 154 valence electrons. The van der Waals surface area contributed by atoms with Gasteiger partial charge in [-0.1, -0.05) is 13.0 Å². The van der Waals surface area contributed by atoms with Crippen LogP contribution >= 0.6 is 23.1 Å². The number of ketones is 1. The smallest absolute Gasteiger partial charge is 0.161 e. The van der Waals surface area contributed by atoms with Gasteiger partial charge in [0.25, 0.3) is 0 Å². The molecule has 1 aromatic heterocycles. The number of nitriles is 1. The first kappa shape index (κ1) is 20.6. The van der Waals surface area contributed by atoms with Gasteiger partial charge in [-0.25, -0.2) is 8.78 Å². The maximum absolute atomic E-state index is 14.7. The van der Waals surface area contributed by atoms with Crippen LogP contribution < -0.4 is 10.6 Å². The van der Waals surface area contributed by atoms with E-state index in [1.165, 1.54) is 11.0 Å². The number of benzene rings is 1. The summed E-state index contributed by atoms with van der Waals surface area (Å²) in [6.07, 6.45) is 1.35. The molecular formula is C22H19F2N3OS2. The Hall–Kier alpha value is -2.63. The lowest BCUT2D eigenvalue weighted by molar-refractivity contribution is -0.116. The number of para-hydroxylation sites is 1. The lowest BCUT2D eigenvalue weighted by Gasteiger charge is -2.39. The molecule has 2 aromatic rings. The van der Waals surface area contributed by atoms with E-state index in [1.807, 2.05) is 18.4 Å². The number of Topliss-reactive ketones (excluding diaryl/α,β-unsaturated/α-hetero) is 1. The van der Waals surface area contributed by atoms with Crippen molar-refractivity contribution in [2.75, 3.05) is 10.7 Å². The number of carbonyl (C=O) groups is 1. The maximum Gasteiger partial charge on any atom is 0.161 e. The Balaban J connectivity index is 2.00. The van der Waals surface area contributed by atoms with Crippen molar-refractivity contribution >= 4 is 34.6 Å². The van der Waals surface area contributed by atoms with Crippen LogP contribution in [-0.2, 0) is 4.79 Å². The Morgan fingerprint density at radius 1 is 1.30 bits per heavy atom. The van der Waals surface area contributed by atoms with Crippen molar-refractivity contribution < 1.29 is 13.6 Å². The third kappa shape index (κ3) is 3.22. The van der Waals surface area contributed by atoms with Crippen LogP contribution in [0, 0.1) is 23.0 Å². The zero-order valence-corrected chi connectivity index (χ0v) is 17.9. The van der Waals surface area contributed by atoms with E-state index in [-0.39, 0.29) is 22.9 Å². The largest absolute Gasteiger partial charge is 0.384 e. The van der Waals surface area contributed by atoms with Crippen LogP contribution in [0.5, 0.6) is 0 Å². The predicted molar refractivity (Wildman–Crippen MR) is 115 cm³/mol. The van der Waals surface area contributed by atoms with Gasteiger partial charge in [-0.2, -0.15) is 5.26 Å². The van der Waals surface area contributed by atoms with E-state index in [1.54, 1.807) is 23.1 Å². The van der Waals surface area contributed by atoms with Gasteiger partial charge in [0, 0.05) is 17.7 Å². The summed E-state index contributed by atoms with van der Waals surface area (Å²) in [6, 6.07) is 7.59. The van der Waals surface area contributed by atoms with E-state index >= 15 is 0 Å². The number of nitrogens with two attached hydrogens (primary N) is 1. The van der Waals surface area contributed by atoms with Gasteiger partial charge in [-0.05, 0) is 47.7 Å². The number of allylic oxidation sites excluding steroid dienone is 3. The molecule has 1 atom stereocenters. The van der Waals surface area contributed by atoms with Crippen molar-refractivity contribution in [2.24, 2.45) is 5.73 Å². The van der Waals surface area contributed by atoms with Gasteiger partial charge < -0.3 is 5.73 Å². The number of nitrogens with zero attached hydrogens (tertiary/aromatic N) is 2. The standard InChI is InChI=1S/C22H19F2N3OS2/c1-2-29-22-12(9-10-30-22)18-13(11-25)21(26)27(16-7-4-8-17(28)19(16)18)20-14(23)5-3-6-15(20)24/h3,5-6,9-10,18H,2,4,7-8,26H2,1H3/t18-/m0/s1. The van der Waals surface area contributed by atoms with Crippen LogP contribution in [0.1, 0.15) is 37.7 Å². The molecule has 0 bridgehead atoms. The van der Waals surface area contributed by atoms with Crippen LogP contribution in [0.2, 0.25) is 0 Å². The van der Waals surface area contributed by atoms with Gasteiger partial charge in [0.1, 0.15) is 23.1 Å². The average Bonchev–Trinajstić information content (AvgIpc) is 3.17. The Bertz CT molecular complexity index is 1110. The lowest BCUT2D eigenvalue weighted by Crippen LogP contribution is -2.39. The van der Waals surface area contributed by atoms with Crippen molar-refractivity contribution in [3.05, 3.63) is 69.5 Å². The van der Waals surface area contributed by atoms with Gasteiger partial charge in [0.2, 0.25) is 0 Å². The minimum absolute atomic E-state index is 0.0291. The fourth-order valence-corrected chi connectivity index (χ4v) is 6.19. The Morgan fingerprint density at radius 2 is 2.03 bits per heavy atom. The summed E-state index contributed by atoms with van der Waals surface area (Å²) in [5.74, 6) is -1.51. The third-order valence-corrected chi connectivity index (χ3v) is 7.47. The summed E-state index contributed by atoms with van der Waals surface area (Å²) in [5, 5.41) is 11.9. The number of hydrogen-bond donors (Lipinski definition) is 1. The van der Waals surface area contributed by atoms with Crippen molar-refractivity contribution in [3.63, 3.8) is 0 Å². The normalized spacial score (nSPS) is 19.2. The highest BCUT2D eigenvalue weighted by Gasteiger charge is 2.42. The van der Waals surface area contributed by atoms with Gasteiger partial charge in [-0.15, -0.1) is 23.1 Å². The number of thioether (sulfide) groups is 1. The molecule has 2 N–H and O–H groups in total. The quantitative estimate of drug-likeness (QED) is 0.637. The highest BCUT2D eigenvalue weighted by molar-refractivity contribution is 8.01. The zero-order valence-electron chi connectivity index (χ0n) is 16.2. The molecular weight excluding hydrogens is 424 g/mol. The summed E-state index contributed by atoms with van der Waals surface area (Å²) >= 11 is 3.18. The predicted octanol–water partition coefficient (Wildman–Crippen LogP) is 5.44. The van der Waals surface area contributed by atoms with Crippen molar-refractivity contribution in [2.45, 2.75) is 36.3 Å². The SMILES string of the molecule is CCSc1sccc1[C@H]1C(C#N)=C(N)N(c2c(F)cccc2F)C2=C1C(=O)CCC2. The molecule has 1 aliphatic heterocycles. The van der Waals surface area contributed by atoms with Crippen molar-refractivity contribution in [1.29, 1.82) is 5.26 Å². The number of rotatable bonds is 4. The van der Waals surface area contributed by atoms with Crippen LogP contribution in [0.4, 0.5) is 14.5 Å². The van der Waals surface area contributed by atoms with E-state index in [4.69, 9.17) is 5.73 Å². The minimum atomic E-state index is -0.795. The molecule has 4 rings (SSSR count). The first-order valence-corrected chi connectivity index (χ1v) is 11.5. The van der Waals surface area contributed by atoms with Gasteiger partial charge >= 0.3 is 0 Å². The lowest BCUT2D eigenvalue weighted by atomic mass is 9.76. The van der Waals surface area contributed by atoms with Crippen LogP contribution in [-0.4, -0.2) is 11.5 Å². The fourth-order valence-electron chi connectivity index (χ4n) is 4.12. The molecule has 1 aromatic carbocycles. The molecule has 0 fully saturated rings. The van der Waals surface area contributed by atoms with Gasteiger partial charge in [0.15, 0.2) is 5.78 Å². The van der Waals surface area contributed by atoms with E-state index < -0.39 is 17.6 Å². The average molecular weight is 444 g/mol. The summed E-state index contributed by atoms with van der Waals surface area (Å²) in [7, 11) is 0. The number of anilines is 1. The van der Waals surface area contributed by atoms with E-state index in [2.05, 4.69) is 6.07 Å². The summed E-state index contributed by atoms with van der Waals surface area (Å²) in [6.45, 7) is 2.03. The molecule has 0 amide bonds. The molecule has 0 radical (unpaired) electrons. The minimum Gasteiger partial charge on any atom is -0.384 e. The summed E-state index contributed by atoms with van der Waals surface area (Å²) in [4.78, 5) is 14.3. The second kappa shape index (κ2) is 8.25. The molecule has 0 saturated heterocycles. The van der Waals surface area contributed by atoms with E-state index in [0.717, 1.165) is 27.7 Å². The van der Waals surface area contributed by atoms with Gasteiger partial charge in [-0.3, -0.25) is 9.69 Å². The first-order valence-electron chi connectivity index (χ1n) is 9.59. The van der Waals surface area contributed by atoms with Crippen molar-refractivity contribution in [1.82, 2.24) is 0 Å². The number of carbonyl (C=O) groups excluding carboxylic acids is 1. The van der Waals surface area contributed by atoms with Crippen molar-refractivity contribution in [3.8, 4) is 6.07 Å². The first-order chi connectivity index (χ1) is 14.5.